The van der Waals surface area contributed by atoms with Gasteiger partial charge in [0.15, 0.2) is 0 Å². The molecule has 4 heteroatoms. The first-order valence-corrected chi connectivity index (χ1v) is 9.27. The molecule has 3 nitrogen and oxygen atoms in total. The van der Waals surface area contributed by atoms with Crippen LogP contribution >= 0.6 is 12.6 Å². The molecule has 0 saturated carbocycles. The fourth-order valence-corrected chi connectivity index (χ4v) is 2.19. The Labute approximate surface area is 150 Å². The summed E-state index contributed by atoms with van der Waals surface area (Å²) in [7, 11) is 1.89. The van der Waals surface area contributed by atoms with E-state index in [4.69, 9.17) is 5.73 Å². The smallest absolute Gasteiger partial charge is 0.0348 e. The number of unbranched alkanes of at least 4 members (excludes halogenated alkanes) is 1. The van der Waals surface area contributed by atoms with E-state index in [2.05, 4.69) is 44.0 Å². The molecule has 0 aromatic heterocycles. The van der Waals surface area contributed by atoms with Gasteiger partial charge in [-0.1, -0.05) is 47.1 Å². The van der Waals surface area contributed by atoms with Gasteiger partial charge in [-0.2, -0.15) is 0 Å². The fourth-order valence-electron chi connectivity index (χ4n) is 1.96. The monoisotopic (exact) mass is 341 g/mol. The van der Waals surface area contributed by atoms with Gasteiger partial charge in [-0.05, 0) is 49.5 Å². The quantitative estimate of drug-likeness (QED) is 0.406. The Bertz CT molecular complexity index is 367. The molecular formula is C19H39N3S. The van der Waals surface area contributed by atoms with Crippen molar-refractivity contribution in [1.82, 2.24) is 5.32 Å². The number of benzene rings is 1. The SMILES string of the molecule is CC.CCNCC(C)(C)CCCCN.CNc1cccc(S)c1. The van der Waals surface area contributed by atoms with E-state index < -0.39 is 0 Å². The molecule has 0 atom stereocenters. The van der Waals surface area contributed by atoms with Gasteiger partial charge in [0.1, 0.15) is 0 Å². The summed E-state index contributed by atoms with van der Waals surface area (Å²) in [6.45, 7) is 13.8. The molecule has 0 bridgehead atoms. The van der Waals surface area contributed by atoms with Crippen LogP contribution in [0.25, 0.3) is 0 Å². The van der Waals surface area contributed by atoms with Gasteiger partial charge >= 0.3 is 0 Å². The van der Waals surface area contributed by atoms with Crippen molar-refractivity contribution in [2.24, 2.45) is 11.1 Å². The third-order valence-corrected chi connectivity index (χ3v) is 3.57. The molecule has 0 aliphatic rings. The van der Waals surface area contributed by atoms with Gasteiger partial charge in [0.25, 0.3) is 0 Å². The minimum absolute atomic E-state index is 0.436. The van der Waals surface area contributed by atoms with E-state index in [0.29, 0.717) is 5.41 Å². The largest absolute Gasteiger partial charge is 0.388 e. The Hall–Kier alpha value is -0.710. The van der Waals surface area contributed by atoms with Gasteiger partial charge in [0.2, 0.25) is 0 Å². The molecule has 0 fully saturated rings. The molecule has 0 spiro atoms. The number of thiol groups is 1. The van der Waals surface area contributed by atoms with E-state index in [1.54, 1.807) is 0 Å². The molecule has 136 valence electrons. The molecule has 1 rings (SSSR count). The Balaban J connectivity index is 0. The molecule has 0 saturated heterocycles. The van der Waals surface area contributed by atoms with E-state index in [-0.39, 0.29) is 0 Å². The molecule has 23 heavy (non-hydrogen) atoms. The van der Waals surface area contributed by atoms with Gasteiger partial charge in [-0.25, -0.2) is 0 Å². The van der Waals surface area contributed by atoms with Crippen LogP contribution in [-0.2, 0) is 0 Å². The summed E-state index contributed by atoms with van der Waals surface area (Å²) in [5, 5.41) is 6.40. The predicted octanol–water partition coefficient (Wildman–Crippen LogP) is 4.79. The average molecular weight is 342 g/mol. The zero-order chi connectivity index (χ0) is 18.1. The van der Waals surface area contributed by atoms with Gasteiger partial charge in [0, 0.05) is 24.2 Å². The number of anilines is 1. The lowest BCUT2D eigenvalue weighted by atomic mass is 9.87. The van der Waals surface area contributed by atoms with Gasteiger partial charge in [-0.15, -0.1) is 12.6 Å². The first kappa shape index (κ1) is 24.5. The van der Waals surface area contributed by atoms with Crippen molar-refractivity contribution >= 4 is 18.3 Å². The Morgan fingerprint density at radius 3 is 2.26 bits per heavy atom. The lowest BCUT2D eigenvalue weighted by molar-refractivity contribution is 0.306. The molecule has 0 heterocycles. The van der Waals surface area contributed by atoms with Gasteiger partial charge in [0.05, 0.1) is 0 Å². The normalized spacial score (nSPS) is 10.1. The highest BCUT2D eigenvalue weighted by Crippen LogP contribution is 2.21. The maximum atomic E-state index is 5.44. The van der Waals surface area contributed by atoms with Gasteiger partial charge < -0.3 is 16.4 Å². The third kappa shape index (κ3) is 15.9. The Morgan fingerprint density at radius 1 is 1.17 bits per heavy atom. The second kappa shape index (κ2) is 16.2. The molecule has 0 radical (unpaired) electrons. The van der Waals surface area contributed by atoms with Crippen molar-refractivity contribution in [3.63, 3.8) is 0 Å². The van der Waals surface area contributed by atoms with Crippen LogP contribution in [0.5, 0.6) is 0 Å². The van der Waals surface area contributed by atoms with E-state index >= 15 is 0 Å². The van der Waals surface area contributed by atoms with E-state index in [9.17, 15) is 0 Å². The van der Waals surface area contributed by atoms with Crippen LogP contribution in [0.15, 0.2) is 29.2 Å². The van der Waals surface area contributed by atoms with Crippen LogP contribution < -0.4 is 16.4 Å². The summed E-state index contributed by atoms with van der Waals surface area (Å²) in [5.41, 5.74) is 6.98. The highest BCUT2D eigenvalue weighted by Gasteiger charge is 2.15. The topological polar surface area (TPSA) is 50.1 Å². The van der Waals surface area contributed by atoms with E-state index in [1.807, 2.05) is 45.2 Å². The standard InChI is InChI=1S/C10H24N2.C7H9NS.C2H6/c1-4-12-9-10(2,3)7-5-6-8-11;1-8-6-3-2-4-7(9)5-6;1-2/h12H,4-9,11H2,1-3H3;2-5,8-9H,1H3;1-2H3. The van der Waals surface area contributed by atoms with E-state index in [1.165, 1.54) is 12.8 Å². The third-order valence-electron chi connectivity index (χ3n) is 3.30. The lowest BCUT2D eigenvalue weighted by Crippen LogP contribution is -2.29. The first-order chi connectivity index (χ1) is 10.9. The molecular weight excluding hydrogens is 302 g/mol. The summed E-state index contributed by atoms with van der Waals surface area (Å²) >= 11 is 4.17. The molecule has 0 aliphatic carbocycles. The summed E-state index contributed by atoms with van der Waals surface area (Å²) in [4.78, 5) is 0.988. The number of nitrogens with two attached hydrogens (primary N) is 1. The maximum absolute atomic E-state index is 5.44. The first-order valence-electron chi connectivity index (χ1n) is 8.82. The van der Waals surface area contributed by atoms with Crippen LogP contribution in [0.1, 0.15) is 53.9 Å². The summed E-state index contributed by atoms with van der Waals surface area (Å²) in [6, 6.07) is 7.89. The van der Waals surface area contributed by atoms with Crippen molar-refractivity contribution in [2.45, 2.75) is 58.8 Å². The number of hydrogen-bond acceptors (Lipinski definition) is 4. The molecule has 0 amide bonds. The fraction of sp³-hybridized carbons (Fsp3) is 0.684. The molecule has 4 N–H and O–H groups in total. The average Bonchev–Trinajstić information content (AvgIpc) is 2.55. The van der Waals surface area contributed by atoms with Crippen LogP contribution in [-0.4, -0.2) is 26.7 Å². The van der Waals surface area contributed by atoms with Crippen molar-refractivity contribution in [3.8, 4) is 0 Å². The zero-order valence-electron chi connectivity index (χ0n) is 16.1. The summed E-state index contributed by atoms with van der Waals surface area (Å²) in [5.74, 6) is 0. The maximum Gasteiger partial charge on any atom is 0.0348 e. The van der Waals surface area contributed by atoms with Crippen molar-refractivity contribution in [1.29, 1.82) is 0 Å². The Kier molecular flexibility index (Phi) is 17.2. The molecule has 0 unspecified atom stereocenters. The van der Waals surface area contributed by atoms with Crippen LogP contribution in [0, 0.1) is 5.41 Å². The van der Waals surface area contributed by atoms with Crippen molar-refractivity contribution in [3.05, 3.63) is 24.3 Å². The predicted molar refractivity (Wildman–Crippen MR) is 110 cm³/mol. The molecule has 1 aromatic carbocycles. The second-order valence-electron chi connectivity index (χ2n) is 5.99. The number of rotatable bonds is 8. The van der Waals surface area contributed by atoms with Crippen LogP contribution in [0.3, 0.4) is 0 Å². The lowest BCUT2D eigenvalue weighted by Gasteiger charge is -2.24. The second-order valence-corrected chi connectivity index (χ2v) is 6.51. The Morgan fingerprint density at radius 2 is 1.83 bits per heavy atom. The minimum Gasteiger partial charge on any atom is -0.388 e. The summed E-state index contributed by atoms with van der Waals surface area (Å²) < 4.78 is 0. The van der Waals surface area contributed by atoms with Crippen molar-refractivity contribution in [2.75, 3.05) is 32.0 Å². The minimum atomic E-state index is 0.436. The van der Waals surface area contributed by atoms with Crippen LogP contribution in [0.4, 0.5) is 5.69 Å². The highest BCUT2D eigenvalue weighted by molar-refractivity contribution is 7.80. The van der Waals surface area contributed by atoms with Crippen molar-refractivity contribution < 1.29 is 0 Å². The molecule has 0 aliphatic heterocycles. The van der Waals surface area contributed by atoms with Gasteiger partial charge in [-0.3, -0.25) is 0 Å². The zero-order valence-corrected chi connectivity index (χ0v) is 17.0. The number of hydrogen-bond donors (Lipinski definition) is 4. The highest BCUT2D eigenvalue weighted by atomic mass is 32.1. The summed E-state index contributed by atoms with van der Waals surface area (Å²) in [6.07, 6.45) is 3.70. The molecule has 1 aromatic rings. The number of nitrogens with one attached hydrogen (secondary N) is 2. The van der Waals surface area contributed by atoms with E-state index in [0.717, 1.165) is 36.6 Å². The van der Waals surface area contributed by atoms with Crippen LogP contribution in [0.2, 0.25) is 0 Å².